The summed E-state index contributed by atoms with van der Waals surface area (Å²) in [7, 11) is 1.60. The Balaban J connectivity index is 2.12. The summed E-state index contributed by atoms with van der Waals surface area (Å²) in [6.45, 7) is 1.78. The van der Waals surface area contributed by atoms with Crippen LogP contribution in [0.25, 0.3) is 0 Å². The van der Waals surface area contributed by atoms with E-state index in [0.717, 1.165) is 11.3 Å². The summed E-state index contributed by atoms with van der Waals surface area (Å²) in [6.07, 6.45) is 0.181. The zero-order valence-electron chi connectivity index (χ0n) is 9.27. The summed E-state index contributed by atoms with van der Waals surface area (Å²) in [5.74, 6) is -0.131. The fourth-order valence-electron chi connectivity index (χ4n) is 1.81. The lowest BCUT2D eigenvalue weighted by Gasteiger charge is -2.07. The molecule has 1 saturated heterocycles. The maximum atomic E-state index is 11.1. The molecule has 0 radical (unpaired) electrons. The molecule has 86 valence electrons. The highest BCUT2D eigenvalue weighted by molar-refractivity contribution is 5.81. The van der Waals surface area contributed by atoms with Crippen LogP contribution >= 0.6 is 0 Å². The lowest BCUT2D eigenvalue weighted by atomic mass is 9.96. The van der Waals surface area contributed by atoms with Crippen molar-refractivity contribution in [2.24, 2.45) is 0 Å². The Kier molecular flexibility index (Phi) is 2.59. The monoisotopic (exact) mass is 222 g/mol. The lowest BCUT2D eigenvalue weighted by Crippen LogP contribution is -2.29. The molecule has 2 rings (SSSR count). The van der Waals surface area contributed by atoms with Crippen molar-refractivity contribution in [3.63, 3.8) is 0 Å². The molecule has 1 N–H and O–H groups in total. The molecule has 0 saturated carbocycles. The first kappa shape index (κ1) is 11.0. The number of benzene rings is 1. The van der Waals surface area contributed by atoms with Crippen LogP contribution in [0.1, 0.15) is 12.5 Å². The van der Waals surface area contributed by atoms with Crippen LogP contribution in [0.15, 0.2) is 24.3 Å². The van der Waals surface area contributed by atoms with Gasteiger partial charge in [0.15, 0.2) is 5.60 Å². The quantitative estimate of drug-likeness (QED) is 0.784. The van der Waals surface area contributed by atoms with E-state index in [4.69, 9.17) is 14.6 Å². The molecule has 1 fully saturated rings. The molecule has 1 aromatic rings. The van der Waals surface area contributed by atoms with E-state index in [0.29, 0.717) is 6.42 Å². The number of hydrogen-bond acceptors (Lipinski definition) is 3. The molecule has 0 spiro atoms. The number of aliphatic carboxylic acids is 1. The van der Waals surface area contributed by atoms with Crippen LogP contribution in [0, 0.1) is 0 Å². The largest absolute Gasteiger partial charge is 0.497 e. The maximum absolute atomic E-state index is 11.1. The van der Waals surface area contributed by atoms with E-state index in [1.807, 2.05) is 24.3 Å². The van der Waals surface area contributed by atoms with Crippen molar-refractivity contribution in [2.75, 3.05) is 7.11 Å². The van der Waals surface area contributed by atoms with E-state index in [1.165, 1.54) is 0 Å². The Hall–Kier alpha value is -1.55. The van der Waals surface area contributed by atoms with Gasteiger partial charge in [0.05, 0.1) is 13.2 Å². The number of carboxylic acids is 1. The fourth-order valence-corrected chi connectivity index (χ4v) is 1.81. The maximum Gasteiger partial charge on any atom is 0.339 e. The third-order valence-electron chi connectivity index (χ3n) is 2.97. The van der Waals surface area contributed by atoms with Crippen LogP contribution in [0.5, 0.6) is 5.75 Å². The van der Waals surface area contributed by atoms with Crippen LogP contribution in [0.4, 0.5) is 0 Å². The topological polar surface area (TPSA) is 59.1 Å². The highest BCUT2D eigenvalue weighted by atomic mass is 16.6. The number of carbonyl (C=O) groups is 1. The van der Waals surface area contributed by atoms with Crippen molar-refractivity contribution in [3.8, 4) is 5.75 Å². The molecular formula is C12H14O4. The van der Waals surface area contributed by atoms with Crippen LogP contribution in [0.3, 0.4) is 0 Å². The number of rotatable bonds is 4. The number of methoxy groups -OCH3 is 1. The summed E-state index contributed by atoms with van der Waals surface area (Å²) < 4.78 is 10.2. The molecule has 0 aromatic heterocycles. The van der Waals surface area contributed by atoms with Gasteiger partial charge in [-0.05, 0) is 24.6 Å². The molecule has 0 amide bonds. The number of epoxide rings is 1. The van der Waals surface area contributed by atoms with Gasteiger partial charge >= 0.3 is 5.97 Å². The molecule has 0 bridgehead atoms. The summed E-state index contributed by atoms with van der Waals surface area (Å²) in [6, 6.07) is 7.35. The first-order valence-electron chi connectivity index (χ1n) is 5.12. The average Bonchev–Trinajstić information content (AvgIpc) is 2.92. The van der Waals surface area contributed by atoms with Crippen molar-refractivity contribution in [1.82, 2.24) is 0 Å². The molecule has 4 heteroatoms. The smallest absolute Gasteiger partial charge is 0.339 e. The Morgan fingerprint density at radius 1 is 1.50 bits per heavy atom. The highest BCUT2D eigenvalue weighted by Gasteiger charge is 2.60. The minimum absolute atomic E-state index is 0.216. The van der Waals surface area contributed by atoms with Gasteiger partial charge in [0, 0.05) is 6.42 Å². The molecule has 1 aromatic carbocycles. The Labute approximate surface area is 93.8 Å². The first-order chi connectivity index (χ1) is 7.58. The second-order valence-corrected chi connectivity index (χ2v) is 3.98. The Morgan fingerprint density at radius 3 is 2.44 bits per heavy atom. The van der Waals surface area contributed by atoms with E-state index >= 15 is 0 Å². The third-order valence-corrected chi connectivity index (χ3v) is 2.97. The van der Waals surface area contributed by atoms with Gasteiger partial charge in [-0.3, -0.25) is 0 Å². The van der Waals surface area contributed by atoms with Gasteiger partial charge in [-0.25, -0.2) is 4.79 Å². The Bertz CT molecular complexity index is 398. The van der Waals surface area contributed by atoms with Gasteiger partial charge in [0.1, 0.15) is 5.75 Å². The van der Waals surface area contributed by atoms with Gasteiger partial charge in [0.25, 0.3) is 0 Å². The first-order valence-corrected chi connectivity index (χ1v) is 5.12. The highest BCUT2D eigenvalue weighted by Crippen LogP contribution is 2.39. The van der Waals surface area contributed by atoms with E-state index < -0.39 is 11.6 Å². The summed E-state index contributed by atoms with van der Waals surface area (Å²) in [5, 5.41) is 9.09. The molecule has 0 aliphatic carbocycles. The fraction of sp³-hybridized carbons (Fsp3) is 0.417. The number of carboxylic acid groups (broad SMARTS) is 1. The second-order valence-electron chi connectivity index (χ2n) is 3.98. The van der Waals surface area contributed by atoms with Gasteiger partial charge in [-0.15, -0.1) is 0 Å². The molecule has 1 aliphatic heterocycles. The predicted octanol–water partition coefficient (Wildman–Crippen LogP) is 1.48. The standard InChI is InChI=1S/C12H14O4/c1-8-12(16-8,11(13)14)7-9-3-5-10(15-2)6-4-9/h3-6,8H,7H2,1-2H3,(H,13,14)/t8-,12+/m0/s1. The zero-order chi connectivity index (χ0) is 11.8. The molecular weight excluding hydrogens is 208 g/mol. The number of hydrogen-bond donors (Lipinski definition) is 1. The van der Waals surface area contributed by atoms with Crippen molar-refractivity contribution in [1.29, 1.82) is 0 Å². The molecule has 4 nitrogen and oxygen atoms in total. The minimum atomic E-state index is -1.02. The van der Waals surface area contributed by atoms with E-state index in [9.17, 15) is 4.79 Å². The normalized spacial score (nSPS) is 27.5. The SMILES string of the molecule is COc1ccc(C[C@@]2(C(=O)O)O[C@H]2C)cc1. The minimum Gasteiger partial charge on any atom is -0.497 e. The second kappa shape index (κ2) is 3.79. The van der Waals surface area contributed by atoms with E-state index in [2.05, 4.69) is 0 Å². The molecule has 2 atom stereocenters. The molecule has 1 heterocycles. The Morgan fingerprint density at radius 2 is 2.06 bits per heavy atom. The van der Waals surface area contributed by atoms with Gasteiger partial charge in [-0.1, -0.05) is 12.1 Å². The van der Waals surface area contributed by atoms with Crippen LogP contribution in [-0.4, -0.2) is 29.9 Å². The van der Waals surface area contributed by atoms with Crippen molar-refractivity contribution in [3.05, 3.63) is 29.8 Å². The van der Waals surface area contributed by atoms with Crippen molar-refractivity contribution >= 4 is 5.97 Å². The summed E-state index contributed by atoms with van der Waals surface area (Å²) in [4.78, 5) is 11.1. The van der Waals surface area contributed by atoms with E-state index in [1.54, 1.807) is 14.0 Å². The molecule has 0 unspecified atom stereocenters. The van der Waals surface area contributed by atoms with Crippen LogP contribution in [-0.2, 0) is 16.0 Å². The summed E-state index contributed by atoms with van der Waals surface area (Å²) in [5.41, 5.74) is -0.0817. The van der Waals surface area contributed by atoms with Crippen molar-refractivity contribution < 1.29 is 19.4 Å². The third kappa shape index (κ3) is 1.76. The zero-order valence-corrected chi connectivity index (χ0v) is 9.27. The van der Waals surface area contributed by atoms with Gasteiger partial charge < -0.3 is 14.6 Å². The summed E-state index contributed by atoms with van der Waals surface area (Å²) >= 11 is 0. The van der Waals surface area contributed by atoms with Gasteiger partial charge in [-0.2, -0.15) is 0 Å². The predicted molar refractivity (Wildman–Crippen MR) is 57.6 cm³/mol. The van der Waals surface area contributed by atoms with Crippen molar-refractivity contribution in [2.45, 2.75) is 25.0 Å². The molecule has 1 aliphatic rings. The van der Waals surface area contributed by atoms with Crippen LogP contribution < -0.4 is 4.74 Å². The van der Waals surface area contributed by atoms with E-state index in [-0.39, 0.29) is 6.10 Å². The average molecular weight is 222 g/mol. The van der Waals surface area contributed by atoms with Crippen LogP contribution in [0.2, 0.25) is 0 Å². The lowest BCUT2D eigenvalue weighted by molar-refractivity contribution is -0.143. The van der Waals surface area contributed by atoms with Gasteiger partial charge in [0.2, 0.25) is 0 Å². The molecule has 16 heavy (non-hydrogen) atoms. The number of ether oxygens (including phenoxy) is 2.